The largest absolute Gasteiger partial charge is 0.507 e. The summed E-state index contributed by atoms with van der Waals surface area (Å²) in [7, 11) is 0. The summed E-state index contributed by atoms with van der Waals surface area (Å²) in [5.74, 6) is -1.03. The van der Waals surface area contributed by atoms with Crippen LogP contribution < -0.4 is 9.64 Å². The smallest absolute Gasteiger partial charge is 0.300 e. The van der Waals surface area contributed by atoms with E-state index >= 15 is 0 Å². The molecular weight excluding hydrogens is 490 g/mol. The van der Waals surface area contributed by atoms with Gasteiger partial charge in [-0.15, -0.1) is 0 Å². The van der Waals surface area contributed by atoms with E-state index in [0.717, 1.165) is 10.8 Å². The van der Waals surface area contributed by atoms with Gasteiger partial charge in [-0.3, -0.25) is 14.5 Å². The number of aliphatic hydroxyl groups excluding tert-OH is 1. The maximum absolute atomic E-state index is 13.5. The van der Waals surface area contributed by atoms with Crippen molar-refractivity contribution in [2.75, 3.05) is 4.90 Å². The molecule has 0 aromatic heterocycles. The van der Waals surface area contributed by atoms with Gasteiger partial charge in [0.15, 0.2) is 0 Å². The van der Waals surface area contributed by atoms with Crippen LogP contribution >= 0.6 is 0 Å². The number of phenolic OH excluding ortho intramolecular Hbond substituents is 1. The molecule has 1 saturated heterocycles. The zero-order chi connectivity index (χ0) is 26.9. The number of fused-ring (bicyclic) bond motifs is 1. The predicted octanol–water partition coefficient (Wildman–Crippen LogP) is 6.96. The highest BCUT2D eigenvalue weighted by atomic mass is 16.5. The number of para-hydroxylation sites is 3. The van der Waals surface area contributed by atoms with E-state index in [2.05, 4.69) is 0 Å². The predicted molar refractivity (Wildman–Crippen MR) is 150 cm³/mol. The van der Waals surface area contributed by atoms with Crippen LogP contribution in [0.4, 0.5) is 5.69 Å². The van der Waals surface area contributed by atoms with Crippen molar-refractivity contribution in [1.29, 1.82) is 0 Å². The molecule has 1 heterocycles. The van der Waals surface area contributed by atoms with E-state index in [1.54, 1.807) is 54.6 Å². The van der Waals surface area contributed by atoms with Crippen LogP contribution in [0.5, 0.6) is 17.2 Å². The molecule has 5 aromatic carbocycles. The first-order valence-electron chi connectivity index (χ1n) is 12.4. The van der Waals surface area contributed by atoms with Gasteiger partial charge in [0.2, 0.25) is 0 Å². The first kappa shape index (κ1) is 24.0. The molecule has 2 N–H and O–H groups in total. The van der Waals surface area contributed by atoms with Gasteiger partial charge in [-0.2, -0.15) is 0 Å². The lowest BCUT2D eigenvalue weighted by Gasteiger charge is -2.26. The lowest BCUT2D eigenvalue weighted by molar-refractivity contribution is -0.132. The van der Waals surface area contributed by atoms with Gasteiger partial charge in [0, 0.05) is 5.56 Å². The molecule has 6 rings (SSSR count). The van der Waals surface area contributed by atoms with Gasteiger partial charge in [-0.25, -0.2) is 0 Å². The molecular formula is C33H23NO5. The number of ketones is 1. The Bertz CT molecular complexity index is 1760. The Labute approximate surface area is 224 Å². The van der Waals surface area contributed by atoms with E-state index < -0.39 is 17.7 Å². The number of amides is 1. The summed E-state index contributed by atoms with van der Waals surface area (Å²) >= 11 is 0. The lowest BCUT2D eigenvalue weighted by atomic mass is 9.94. The van der Waals surface area contributed by atoms with Gasteiger partial charge in [0.1, 0.15) is 23.0 Å². The Morgan fingerprint density at radius 2 is 1.38 bits per heavy atom. The summed E-state index contributed by atoms with van der Waals surface area (Å²) in [6.07, 6.45) is 0. The molecule has 0 spiro atoms. The Morgan fingerprint density at radius 1 is 0.692 bits per heavy atom. The number of anilines is 1. The van der Waals surface area contributed by atoms with Crippen molar-refractivity contribution in [3.63, 3.8) is 0 Å². The van der Waals surface area contributed by atoms with Gasteiger partial charge in [-0.05, 0) is 58.8 Å². The van der Waals surface area contributed by atoms with Crippen LogP contribution in [0, 0.1) is 0 Å². The maximum atomic E-state index is 13.5. The van der Waals surface area contributed by atoms with Crippen LogP contribution in [-0.2, 0) is 9.59 Å². The second-order valence-electron chi connectivity index (χ2n) is 9.21. The van der Waals surface area contributed by atoms with Crippen LogP contribution in [0.3, 0.4) is 0 Å². The standard InChI is InChI=1S/C33H23NO5/c35-28-16-7-6-15-27(28)34-30(23-11-8-14-26(20-23)39-25-12-2-1-3-13-25)29(32(37)33(34)38)31(36)24-18-17-21-9-4-5-10-22(21)19-24/h1-20,30,35-36H/b31-29-. The third-order valence-corrected chi connectivity index (χ3v) is 6.76. The summed E-state index contributed by atoms with van der Waals surface area (Å²) < 4.78 is 6.01. The zero-order valence-electron chi connectivity index (χ0n) is 20.7. The number of carbonyl (C=O) groups excluding carboxylic acids is 2. The summed E-state index contributed by atoms with van der Waals surface area (Å²) in [4.78, 5) is 28.2. The Balaban J connectivity index is 1.53. The molecule has 0 saturated carbocycles. The van der Waals surface area contributed by atoms with Crippen molar-refractivity contribution in [2.45, 2.75) is 6.04 Å². The van der Waals surface area contributed by atoms with Crippen molar-refractivity contribution in [1.82, 2.24) is 0 Å². The van der Waals surface area contributed by atoms with Crippen molar-refractivity contribution in [3.8, 4) is 17.2 Å². The number of hydrogen-bond acceptors (Lipinski definition) is 5. The van der Waals surface area contributed by atoms with Gasteiger partial charge in [0.05, 0.1) is 17.3 Å². The number of carbonyl (C=O) groups is 2. The molecule has 1 atom stereocenters. The third-order valence-electron chi connectivity index (χ3n) is 6.76. The summed E-state index contributed by atoms with van der Waals surface area (Å²) in [5, 5.41) is 24.0. The number of aliphatic hydroxyl groups is 1. The highest BCUT2D eigenvalue weighted by Gasteiger charge is 2.47. The van der Waals surface area contributed by atoms with Crippen LogP contribution in [0.1, 0.15) is 17.2 Å². The number of ether oxygens (including phenoxy) is 1. The molecule has 1 fully saturated rings. The van der Waals surface area contributed by atoms with Crippen LogP contribution in [0.25, 0.3) is 16.5 Å². The van der Waals surface area contributed by atoms with E-state index in [-0.39, 0.29) is 22.8 Å². The second kappa shape index (κ2) is 9.84. The SMILES string of the molecule is O=C1C(=O)N(c2ccccc2O)C(c2cccc(Oc3ccccc3)c2)/C1=C(/O)c1ccc2ccccc2c1. The molecule has 39 heavy (non-hydrogen) atoms. The Hall–Kier alpha value is -5.36. The minimum atomic E-state index is -1.01. The molecule has 1 unspecified atom stereocenters. The van der Waals surface area contributed by atoms with Crippen molar-refractivity contribution >= 4 is 33.9 Å². The topological polar surface area (TPSA) is 87.1 Å². The Kier molecular flexibility index (Phi) is 6.05. The van der Waals surface area contributed by atoms with Gasteiger partial charge < -0.3 is 14.9 Å². The number of hydrogen-bond donors (Lipinski definition) is 2. The van der Waals surface area contributed by atoms with E-state index in [0.29, 0.717) is 22.6 Å². The number of phenols is 1. The third kappa shape index (κ3) is 4.38. The number of rotatable bonds is 5. The average molecular weight is 514 g/mol. The Morgan fingerprint density at radius 3 is 2.18 bits per heavy atom. The maximum Gasteiger partial charge on any atom is 0.300 e. The molecule has 190 valence electrons. The first-order valence-corrected chi connectivity index (χ1v) is 12.4. The van der Waals surface area contributed by atoms with Crippen LogP contribution in [-0.4, -0.2) is 21.9 Å². The quantitative estimate of drug-likeness (QED) is 0.151. The summed E-state index contributed by atoms with van der Waals surface area (Å²) in [6, 6.07) is 34.6. The zero-order valence-corrected chi connectivity index (χ0v) is 20.7. The fourth-order valence-electron chi connectivity index (χ4n) is 4.93. The molecule has 0 aliphatic carbocycles. The number of benzene rings is 5. The van der Waals surface area contributed by atoms with Crippen molar-refractivity contribution in [3.05, 3.63) is 138 Å². The molecule has 6 heteroatoms. The van der Waals surface area contributed by atoms with Crippen LogP contribution in [0.15, 0.2) is 127 Å². The molecule has 1 amide bonds. The van der Waals surface area contributed by atoms with Gasteiger partial charge in [-0.1, -0.05) is 78.9 Å². The number of aromatic hydroxyl groups is 1. The molecule has 1 aliphatic rings. The summed E-state index contributed by atoms with van der Waals surface area (Å²) in [6.45, 7) is 0. The first-order chi connectivity index (χ1) is 19.0. The highest BCUT2D eigenvalue weighted by molar-refractivity contribution is 6.52. The van der Waals surface area contributed by atoms with E-state index in [9.17, 15) is 19.8 Å². The fraction of sp³-hybridized carbons (Fsp3) is 0.0303. The monoisotopic (exact) mass is 513 g/mol. The molecule has 0 radical (unpaired) electrons. The van der Waals surface area contributed by atoms with E-state index in [1.165, 1.54) is 11.0 Å². The van der Waals surface area contributed by atoms with Crippen molar-refractivity contribution in [2.24, 2.45) is 0 Å². The minimum absolute atomic E-state index is 0.0737. The average Bonchev–Trinajstić information content (AvgIpc) is 3.23. The van der Waals surface area contributed by atoms with Gasteiger partial charge in [0.25, 0.3) is 11.7 Å². The van der Waals surface area contributed by atoms with E-state index in [4.69, 9.17) is 4.74 Å². The molecule has 5 aromatic rings. The molecule has 0 bridgehead atoms. The summed E-state index contributed by atoms with van der Waals surface area (Å²) in [5.41, 5.74) is 1.03. The fourth-order valence-corrected chi connectivity index (χ4v) is 4.93. The second-order valence-corrected chi connectivity index (χ2v) is 9.21. The molecule has 1 aliphatic heterocycles. The highest BCUT2D eigenvalue weighted by Crippen LogP contribution is 2.45. The number of nitrogens with zero attached hydrogens (tertiary/aromatic N) is 1. The van der Waals surface area contributed by atoms with Crippen LogP contribution in [0.2, 0.25) is 0 Å². The van der Waals surface area contributed by atoms with Crippen molar-refractivity contribution < 1.29 is 24.5 Å². The lowest BCUT2D eigenvalue weighted by Crippen LogP contribution is -2.29. The van der Waals surface area contributed by atoms with E-state index in [1.807, 2.05) is 60.7 Å². The normalized spacial score (nSPS) is 16.5. The number of Topliss-reactive ketones (excluding diaryl/α,β-unsaturated/α-hetero) is 1. The van der Waals surface area contributed by atoms with Gasteiger partial charge >= 0.3 is 0 Å². The minimum Gasteiger partial charge on any atom is -0.507 e. The molecule has 6 nitrogen and oxygen atoms in total.